The Labute approximate surface area is 159 Å². The van der Waals surface area contributed by atoms with Crippen molar-refractivity contribution in [3.63, 3.8) is 0 Å². The molecule has 0 radical (unpaired) electrons. The van der Waals surface area contributed by atoms with Gasteiger partial charge in [-0.25, -0.2) is 4.98 Å². The predicted molar refractivity (Wildman–Crippen MR) is 105 cm³/mol. The Bertz CT molecular complexity index is 919. The van der Waals surface area contributed by atoms with E-state index in [1.807, 2.05) is 49.6 Å². The maximum Gasteiger partial charge on any atom is 0.289 e. The average Bonchev–Trinajstić information content (AvgIpc) is 3.29. The number of hydrogen-bond acceptors (Lipinski definition) is 6. The number of nitrogens with one attached hydrogen (secondary N) is 3. The van der Waals surface area contributed by atoms with Crippen LogP contribution >= 0.6 is 22.7 Å². The summed E-state index contributed by atoms with van der Waals surface area (Å²) in [4.78, 5) is 29.3. The van der Waals surface area contributed by atoms with E-state index >= 15 is 0 Å². The molecule has 2 aromatic heterocycles. The number of thiazole rings is 1. The topological polar surface area (TPSA) is 83.1 Å². The Hall–Kier alpha value is -2.71. The molecule has 2 amide bonds. The van der Waals surface area contributed by atoms with Crippen molar-refractivity contribution in [3.05, 3.63) is 57.9 Å². The second-order valence-corrected chi connectivity index (χ2v) is 7.50. The zero-order valence-corrected chi connectivity index (χ0v) is 16.0. The average molecular weight is 387 g/mol. The van der Waals surface area contributed by atoms with Crippen LogP contribution in [0, 0.1) is 13.8 Å². The molecule has 1 aromatic carbocycles. The highest BCUT2D eigenvalue weighted by Gasteiger charge is 2.13. The number of thiophene rings is 1. The van der Waals surface area contributed by atoms with E-state index in [1.165, 1.54) is 11.3 Å². The van der Waals surface area contributed by atoms with Crippen molar-refractivity contribution in [2.24, 2.45) is 0 Å². The number of hydrogen-bond donors (Lipinski definition) is 3. The van der Waals surface area contributed by atoms with E-state index in [1.54, 1.807) is 16.7 Å². The van der Waals surface area contributed by atoms with Gasteiger partial charge in [-0.1, -0.05) is 23.8 Å². The number of aromatic nitrogens is 1. The van der Waals surface area contributed by atoms with E-state index in [4.69, 9.17) is 0 Å². The van der Waals surface area contributed by atoms with Crippen LogP contribution in [0.25, 0.3) is 9.88 Å². The number of aryl methyl sites for hydroxylation is 2. The fourth-order valence-corrected chi connectivity index (χ4v) is 3.93. The van der Waals surface area contributed by atoms with Crippen LogP contribution in [0.4, 0.5) is 5.69 Å². The SMILES string of the molecule is Cc1ccc(NCC(=O)NNC(=O)c2csc(-c3cccs3)n2)c(C)c1. The number of carbonyl (C=O) groups excluding carboxylic acids is 2. The minimum atomic E-state index is -0.441. The zero-order chi connectivity index (χ0) is 18.5. The minimum absolute atomic E-state index is 0.0572. The number of rotatable bonds is 5. The second kappa shape index (κ2) is 8.11. The monoisotopic (exact) mass is 386 g/mol. The van der Waals surface area contributed by atoms with Gasteiger partial charge in [-0.2, -0.15) is 0 Å². The number of amides is 2. The summed E-state index contributed by atoms with van der Waals surface area (Å²) in [5, 5.41) is 7.46. The highest BCUT2D eigenvalue weighted by atomic mass is 32.1. The van der Waals surface area contributed by atoms with Crippen molar-refractivity contribution >= 4 is 40.2 Å². The molecular formula is C18H18N4O2S2. The van der Waals surface area contributed by atoms with Gasteiger partial charge in [-0.05, 0) is 36.9 Å². The van der Waals surface area contributed by atoms with Crippen molar-refractivity contribution in [3.8, 4) is 9.88 Å². The van der Waals surface area contributed by atoms with Gasteiger partial charge in [0.1, 0.15) is 10.7 Å². The molecule has 0 bridgehead atoms. The lowest BCUT2D eigenvalue weighted by molar-refractivity contribution is -0.120. The lowest BCUT2D eigenvalue weighted by Crippen LogP contribution is -2.44. The summed E-state index contributed by atoms with van der Waals surface area (Å²) in [6, 6.07) is 9.82. The van der Waals surface area contributed by atoms with Crippen molar-refractivity contribution in [2.45, 2.75) is 13.8 Å². The van der Waals surface area contributed by atoms with E-state index in [0.29, 0.717) is 0 Å². The normalized spacial score (nSPS) is 10.4. The maximum atomic E-state index is 12.1. The van der Waals surface area contributed by atoms with Gasteiger partial charge in [0.25, 0.3) is 11.8 Å². The third kappa shape index (κ3) is 4.47. The quantitative estimate of drug-likeness (QED) is 0.587. The molecule has 0 saturated heterocycles. The van der Waals surface area contributed by atoms with Gasteiger partial charge in [0.05, 0.1) is 11.4 Å². The van der Waals surface area contributed by atoms with Gasteiger partial charge < -0.3 is 5.32 Å². The van der Waals surface area contributed by atoms with Crippen LogP contribution in [0.1, 0.15) is 21.6 Å². The second-order valence-electron chi connectivity index (χ2n) is 5.69. The number of hydrazine groups is 1. The number of anilines is 1. The standard InChI is InChI=1S/C18H18N4O2S2/c1-11-5-6-13(12(2)8-11)19-9-16(23)21-22-17(24)14-10-26-18(20-14)15-4-3-7-25-15/h3-8,10,19H,9H2,1-2H3,(H,21,23)(H,22,24). The first-order valence-electron chi connectivity index (χ1n) is 7.92. The lowest BCUT2D eigenvalue weighted by Gasteiger charge is -2.10. The van der Waals surface area contributed by atoms with Crippen LogP contribution in [0.5, 0.6) is 0 Å². The number of carbonyl (C=O) groups is 2. The molecule has 0 unspecified atom stereocenters. The highest BCUT2D eigenvalue weighted by molar-refractivity contribution is 7.20. The van der Waals surface area contributed by atoms with Crippen molar-refractivity contribution in [2.75, 3.05) is 11.9 Å². The van der Waals surface area contributed by atoms with Gasteiger partial charge >= 0.3 is 0 Å². The molecule has 26 heavy (non-hydrogen) atoms. The molecule has 3 rings (SSSR count). The first-order valence-corrected chi connectivity index (χ1v) is 9.68. The fourth-order valence-electron chi connectivity index (χ4n) is 2.31. The van der Waals surface area contributed by atoms with Gasteiger partial charge in [0.2, 0.25) is 0 Å². The van der Waals surface area contributed by atoms with Crippen LogP contribution in [-0.4, -0.2) is 23.3 Å². The van der Waals surface area contributed by atoms with Crippen molar-refractivity contribution in [1.82, 2.24) is 15.8 Å². The van der Waals surface area contributed by atoms with E-state index in [-0.39, 0.29) is 18.1 Å². The van der Waals surface area contributed by atoms with Gasteiger partial charge in [-0.15, -0.1) is 22.7 Å². The molecule has 0 aliphatic rings. The number of nitrogens with zero attached hydrogens (tertiary/aromatic N) is 1. The minimum Gasteiger partial charge on any atom is -0.376 e. The Morgan fingerprint density at radius 1 is 1.12 bits per heavy atom. The number of benzene rings is 1. The van der Waals surface area contributed by atoms with E-state index < -0.39 is 5.91 Å². The largest absolute Gasteiger partial charge is 0.376 e. The molecule has 134 valence electrons. The maximum absolute atomic E-state index is 12.1. The van der Waals surface area contributed by atoms with E-state index in [0.717, 1.165) is 26.7 Å². The molecule has 0 atom stereocenters. The summed E-state index contributed by atoms with van der Waals surface area (Å²) in [5.41, 5.74) is 8.17. The third-order valence-corrected chi connectivity index (χ3v) is 5.49. The Morgan fingerprint density at radius 2 is 1.96 bits per heavy atom. The Balaban J connectivity index is 1.49. The molecule has 3 aromatic rings. The first-order chi connectivity index (χ1) is 12.5. The zero-order valence-electron chi connectivity index (χ0n) is 14.3. The van der Waals surface area contributed by atoms with E-state index in [9.17, 15) is 9.59 Å². The lowest BCUT2D eigenvalue weighted by atomic mass is 10.1. The van der Waals surface area contributed by atoms with Crippen molar-refractivity contribution in [1.29, 1.82) is 0 Å². The Morgan fingerprint density at radius 3 is 2.69 bits per heavy atom. The van der Waals surface area contributed by atoms with E-state index in [2.05, 4.69) is 21.2 Å². The fraction of sp³-hybridized carbons (Fsp3) is 0.167. The summed E-state index contributed by atoms with van der Waals surface area (Å²) in [6.45, 7) is 4.05. The highest BCUT2D eigenvalue weighted by Crippen LogP contribution is 2.27. The van der Waals surface area contributed by atoms with Gasteiger partial charge in [-0.3, -0.25) is 20.4 Å². The summed E-state index contributed by atoms with van der Waals surface area (Å²) < 4.78 is 0. The van der Waals surface area contributed by atoms with Crippen LogP contribution in [0.2, 0.25) is 0 Å². The molecule has 0 aliphatic heterocycles. The van der Waals surface area contributed by atoms with Crippen LogP contribution in [-0.2, 0) is 4.79 Å². The molecular weight excluding hydrogens is 368 g/mol. The molecule has 0 spiro atoms. The summed E-state index contributed by atoms with van der Waals surface area (Å²) in [7, 11) is 0. The van der Waals surface area contributed by atoms with Gasteiger partial charge in [0.15, 0.2) is 0 Å². The predicted octanol–water partition coefficient (Wildman–Crippen LogP) is 3.36. The van der Waals surface area contributed by atoms with Crippen LogP contribution < -0.4 is 16.2 Å². The molecule has 0 aliphatic carbocycles. The molecule has 3 N–H and O–H groups in total. The molecule has 8 heteroatoms. The Kier molecular flexibility index (Phi) is 5.65. The summed E-state index contributed by atoms with van der Waals surface area (Å²) in [5.74, 6) is -0.782. The van der Waals surface area contributed by atoms with Gasteiger partial charge in [0, 0.05) is 11.1 Å². The summed E-state index contributed by atoms with van der Waals surface area (Å²) in [6.07, 6.45) is 0. The van der Waals surface area contributed by atoms with Crippen molar-refractivity contribution < 1.29 is 9.59 Å². The van der Waals surface area contributed by atoms with Crippen LogP contribution in [0.3, 0.4) is 0 Å². The van der Waals surface area contributed by atoms with Crippen LogP contribution in [0.15, 0.2) is 41.1 Å². The third-order valence-electron chi connectivity index (χ3n) is 3.61. The molecule has 0 saturated carbocycles. The smallest absolute Gasteiger partial charge is 0.289 e. The molecule has 6 nitrogen and oxygen atoms in total. The molecule has 0 fully saturated rings. The molecule has 2 heterocycles. The summed E-state index contributed by atoms with van der Waals surface area (Å²) >= 11 is 2.96. The first kappa shape index (κ1) is 18.1.